The molecule has 4 rings (SSSR count). The monoisotopic (exact) mass is 475 g/mol. The number of rotatable bonds is 10. The van der Waals surface area contributed by atoms with Gasteiger partial charge in [0.2, 0.25) is 5.91 Å². The fraction of sp³-hybridized carbons (Fsp3) is 0.393. The molecule has 2 aromatic carbocycles. The predicted octanol–water partition coefficient (Wildman–Crippen LogP) is 4.53. The minimum atomic E-state index is -0.288. The van der Waals surface area contributed by atoms with E-state index >= 15 is 0 Å². The minimum absolute atomic E-state index is 0.0392. The number of nitrogens with one attached hydrogen (secondary N) is 1. The van der Waals surface area contributed by atoms with Gasteiger partial charge in [-0.15, -0.1) is 10.2 Å². The molecule has 0 unspecified atom stereocenters. The molecule has 3 aromatic rings. The van der Waals surface area contributed by atoms with Crippen molar-refractivity contribution >= 4 is 11.7 Å². The summed E-state index contributed by atoms with van der Waals surface area (Å²) in [6.45, 7) is 7.32. The summed E-state index contributed by atoms with van der Waals surface area (Å²) in [4.78, 5) is 17.2. The largest absolute Gasteiger partial charge is 0.356 e. The molecular weight excluding hydrogens is 441 g/mol. The minimum Gasteiger partial charge on any atom is -0.356 e. The van der Waals surface area contributed by atoms with E-state index in [1.807, 2.05) is 24.3 Å². The molecule has 0 aliphatic carbocycles. The third-order valence-corrected chi connectivity index (χ3v) is 6.61. The molecule has 0 bridgehead atoms. The van der Waals surface area contributed by atoms with E-state index in [1.54, 1.807) is 6.07 Å². The summed E-state index contributed by atoms with van der Waals surface area (Å²) in [6, 6.07) is 20.6. The summed E-state index contributed by atoms with van der Waals surface area (Å²) in [7, 11) is 0. The third kappa shape index (κ3) is 7.09. The van der Waals surface area contributed by atoms with Gasteiger partial charge in [0.1, 0.15) is 5.82 Å². The Morgan fingerprint density at radius 3 is 2.54 bits per heavy atom. The van der Waals surface area contributed by atoms with Crippen molar-refractivity contribution in [3.05, 3.63) is 78.1 Å². The molecule has 1 aromatic heterocycles. The number of amides is 1. The third-order valence-electron chi connectivity index (χ3n) is 6.61. The van der Waals surface area contributed by atoms with E-state index < -0.39 is 0 Å². The zero-order valence-electron chi connectivity index (χ0n) is 20.4. The second kappa shape index (κ2) is 12.4. The van der Waals surface area contributed by atoms with Crippen molar-refractivity contribution in [2.75, 3.05) is 37.6 Å². The summed E-state index contributed by atoms with van der Waals surface area (Å²) in [5.41, 5.74) is 2.67. The van der Waals surface area contributed by atoms with E-state index in [4.69, 9.17) is 0 Å². The van der Waals surface area contributed by atoms with E-state index in [1.165, 1.54) is 17.7 Å². The Morgan fingerprint density at radius 2 is 1.86 bits per heavy atom. The standard InChI is InChI=1S/C28H34FN5O/c1-2-33(21-22-8-4-3-5-9-22)17-7-16-30-28(35)23-14-18-34(19-15-23)27-13-12-26(31-32-27)24-10-6-11-25(29)20-24/h3-6,8-13,20,23H,2,7,14-19,21H2,1H3,(H,30,35). The molecule has 2 heterocycles. The maximum absolute atomic E-state index is 13.5. The molecule has 0 saturated carbocycles. The van der Waals surface area contributed by atoms with Crippen molar-refractivity contribution in [2.45, 2.75) is 32.7 Å². The van der Waals surface area contributed by atoms with Crippen LogP contribution < -0.4 is 10.2 Å². The lowest BCUT2D eigenvalue weighted by Gasteiger charge is -2.32. The van der Waals surface area contributed by atoms with Crippen LogP contribution in [0.15, 0.2) is 66.7 Å². The normalized spacial score (nSPS) is 14.3. The molecule has 1 aliphatic rings. The van der Waals surface area contributed by atoms with Crippen LogP contribution in [0.1, 0.15) is 31.7 Å². The molecule has 0 atom stereocenters. The smallest absolute Gasteiger partial charge is 0.223 e. The summed E-state index contributed by atoms with van der Waals surface area (Å²) in [5, 5.41) is 11.8. The summed E-state index contributed by atoms with van der Waals surface area (Å²) in [5.74, 6) is 0.700. The Hall–Kier alpha value is -3.32. The SMILES string of the molecule is CCN(CCCNC(=O)C1CCN(c2ccc(-c3cccc(F)c3)nn2)CC1)Cc1ccccc1. The molecule has 1 saturated heterocycles. The van der Waals surface area contributed by atoms with Crippen LogP contribution in [-0.4, -0.2) is 53.7 Å². The van der Waals surface area contributed by atoms with E-state index in [-0.39, 0.29) is 17.6 Å². The Bertz CT molecular complexity index is 1070. The summed E-state index contributed by atoms with van der Waals surface area (Å²) in [6.07, 6.45) is 2.54. The average molecular weight is 476 g/mol. The lowest BCUT2D eigenvalue weighted by atomic mass is 9.96. The fourth-order valence-corrected chi connectivity index (χ4v) is 4.52. The van der Waals surface area contributed by atoms with Gasteiger partial charge >= 0.3 is 0 Å². The number of piperidine rings is 1. The number of benzene rings is 2. The van der Waals surface area contributed by atoms with Crippen LogP contribution >= 0.6 is 0 Å². The first-order chi connectivity index (χ1) is 17.1. The first kappa shape index (κ1) is 24.8. The Labute approximate surface area is 207 Å². The molecular formula is C28H34FN5O. The van der Waals surface area contributed by atoms with E-state index in [2.05, 4.69) is 56.5 Å². The molecule has 184 valence electrons. The number of nitrogens with zero attached hydrogens (tertiary/aromatic N) is 4. The van der Waals surface area contributed by atoms with Gasteiger partial charge in [-0.2, -0.15) is 0 Å². The molecule has 35 heavy (non-hydrogen) atoms. The van der Waals surface area contributed by atoms with Crippen molar-refractivity contribution < 1.29 is 9.18 Å². The van der Waals surface area contributed by atoms with E-state index in [9.17, 15) is 9.18 Å². The van der Waals surface area contributed by atoms with Gasteiger partial charge in [0.25, 0.3) is 0 Å². The van der Waals surface area contributed by atoms with Gasteiger partial charge in [-0.1, -0.05) is 49.4 Å². The number of halogens is 1. The summed E-state index contributed by atoms with van der Waals surface area (Å²) < 4.78 is 13.5. The zero-order chi connectivity index (χ0) is 24.5. The second-order valence-electron chi connectivity index (χ2n) is 9.05. The highest BCUT2D eigenvalue weighted by molar-refractivity contribution is 5.79. The lowest BCUT2D eigenvalue weighted by molar-refractivity contribution is -0.125. The van der Waals surface area contributed by atoms with E-state index in [0.29, 0.717) is 17.8 Å². The second-order valence-corrected chi connectivity index (χ2v) is 9.05. The number of hydrogen-bond donors (Lipinski definition) is 1. The first-order valence-electron chi connectivity index (χ1n) is 12.5. The van der Waals surface area contributed by atoms with Crippen molar-refractivity contribution in [3.8, 4) is 11.3 Å². The number of hydrogen-bond acceptors (Lipinski definition) is 5. The predicted molar refractivity (Wildman–Crippen MR) is 137 cm³/mol. The molecule has 0 radical (unpaired) electrons. The molecule has 0 spiro atoms. The number of carbonyl (C=O) groups is 1. The first-order valence-corrected chi connectivity index (χ1v) is 12.5. The Balaban J connectivity index is 1.17. The molecule has 6 nitrogen and oxygen atoms in total. The average Bonchev–Trinajstić information content (AvgIpc) is 2.91. The maximum Gasteiger partial charge on any atom is 0.223 e. The van der Waals surface area contributed by atoms with E-state index in [0.717, 1.165) is 57.8 Å². The molecule has 1 aliphatic heterocycles. The van der Waals surface area contributed by atoms with Crippen molar-refractivity contribution in [2.24, 2.45) is 5.92 Å². The van der Waals surface area contributed by atoms with Crippen LogP contribution in [-0.2, 0) is 11.3 Å². The van der Waals surface area contributed by atoms with Crippen LogP contribution in [0.2, 0.25) is 0 Å². The van der Waals surface area contributed by atoms with Gasteiger partial charge in [-0.05, 0) is 55.6 Å². The van der Waals surface area contributed by atoms with Gasteiger partial charge < -0.3 is 10.2 Å². The Kier molecular flexibility index (Phi) is 8.79. The maximum atomic E-state index is 13.5. The van der Waals surface area contributed by atoms with Crippen LogP contribution in [0.25, 0.3) is 11.3 Å². The zero-order valence-corrected chi connectivity index (χ0v) is 20.4. The fourth-order valence-electron chi connectivity index (χ4n) is 4.52. The van der Waals surface area contributed by atoms with Gasteiger partial charge in [0.15, 0.2) is 5.82 Å². The van der Waals surface area contributed by atoms with Crippen LogP contribution in [0.4, 0.5) is 10.2 Å². The highest BCUT2D eigenvalue weighted by atomic mass is 19.1. The Morgan fingerprint density at radius 1 is 1.06 bits per heavy atom. The van der Waals surface area contributed by atoms with Crippen molar-refractivity contribution in [1.82, 2.24) is 20.4 Å². The van der Waals surface area contributed by atoms with Crippen LogP contribution in [0.5, 0.6) is 0 Å². The topological polar surface area (TPSA) is 61.4 Å². The highest BCUT2D eigenvalue weighted by Gasteiger charge is 2.25. The lowest BCUT2D eigenvalue weighted by Crippen LogP contribution is -2.41. The summed E-state index contributed by atoms with van der Waals surface area (Å²) >= 11 is 0. The number of carbonyl (C=O) groups excluding carboxylic acids is 1. The number of anilines is 1. The van der Waals surface area contributed by atoms with Gasteiger partial charge in [0.05, 0.1) is 5.69 Å². The molecule has 1 N–H and O–H groups in total. The van der Waals surface area contributed by atoms with Gasteiger partial charge in [0, 0.05) is 44.2 Å². The quantitative estimate of drug-likeness (QED) is 0.437. The molecule has 1 amide bonds. The van der Waals surface area contributed by atoms with Crippen molar-refractivity contribution in [3.63, 3.8) is 0 Å². The van der Waals surface area contributed by atoms with Crippen LogP contribution in [0.3, 0.4) is 0 Å². The van der Waals surface area contributed by atoms with Gasteiger partial charge in [-0.25, -0.2) is 4.39 Å². The molecule has 7 heteroatoms. The molecule has 1 fully saturated rings. The number of aromatic nitrogens is 2. The van der Waals surface area contributed by atoms with Crippen LogP contribution in [0, 0.1) is 11.7 Å². The van der Waals surface area contributed by atoms with Gasteiger partial charge in [-0.3, -0.25) is 9.69 Å². The highest BCUT2D eigenvalue weighted by Crippen LogP contribution is 2.24. The van der Waals surface area contributed by atoms with Crippen molar-refractivity contribution in [1.29, 1.82) is 0 Å².